The fourth-order valence-corrected chi connectivity index (χ4v) is 4.02. The Morgan fingerprint density at radius 3 is 2.56 bits per heavy atom. The summed E-state index contributed by atoms with van der Waals surface area (Å²) in [4.78, 5) is 16.7. The van der Waals surface area contributed by atoms with Crippen molar-refractivity contribution < 1.29 is 9.18 Å². The first-order valence-electron chi connectivity index (χ1n) is 9.87. The zero-order valence-electron chi connectivity index (χ0n) is 15.6. The van der Waals surface area contributed by atoms with Crippen LogP contribution >= 0.6 is 0 Å². The summed E-state index contributed by atoms with van der Waals surface area (Å²) >= 11 is 0. The molecule has 0 unspecified atom stereocenters. The molecule has 0 aliphatic carbocycles. The van der Waals surface area contributed by atoms with Crippen molar-refractivity contribution >= 4 is 5.91 Å². The second-order valence-electron chi connectivity index (χ2n) is 7.54. The van der Waals surface area contributed by atoms with Gasteiger partial charge in [0, 0.05) is 38.3 Å². The minimum atomic E-state index is -0.142. The minimum Gasteiger partial charge on any atom is -0.337 e. The van der Waals surface area contributed by atoms with Gasteiger partial charge < -0.3 is 4.90 Å². The van der Waals surface area contributed by atoms with Crippen LogP contribution in [0.2, 0.25) is 0 Å². The van der Waals surface area contributed by atoms with Crippen LogP contribution in [0.4, 0.5) is 4.39 Å². The van der Waals surface area contributed by atoms with Crippen LogP contribution in [-0.4, -0.2) is 56.9 Å². The number of rotatable bonds is 4. The average molecular weight is 371 g/mol. The predicted octanol–water partition coefficient (Wildman–Crippen LogP) is 2.88. The summed E-state index contributed by atoms with van der Waals surface area (Å²) in [5, 5.41) is 8.34. The van der Waals surface area contributed by atoms with Crippen molar-refractivity contribution in [3.05, 3.63) is 47.5 Å². The topological polar surface area (TPSA) is 54.3 Å². The van der Waals surface area contributed by atoms with Gasteiger partial charge in [-0.15, -0.1) is 5.10 Å². The van der Waals surface area contributed by atoms with E-state index in [2.05, 4.69) is 15.2 Å². The molecule has 144 valence electrons. The van der Waals surface area contributed by atoms with Crippen LogP contribution in [0.5, 0.6) is 0 Å². The van der Waals surface area contributed by atoms with E-state index in [1.165, 1.54) is 12.5 Å². The van der Waals surface area contributed by atoms with Gasteiger partial charge in [-0.3, -0.25) is 9.69 Å². The number of hydrogen-bond acceptors (Lipinski definition) is 4. The Kier molecular flexibility index (Phi) is 5.48. The Bertz CT molecular complexity index is 778. The molecule has 0 radical (unpaired) electrons. The molecule has 1 amide bonds. The van der Waals surface area contributed by atoms with Gasteiger partial charge in [-0.1, -0.05) is 23.4 Å². The number of amides is 1. The summed E-state index contributed by atoms with van der Waals surface area (Å²) in [5.41, 5.74) is 1.19. The van der Waals surface area contributed by atoms with E-state index in [0.29, 0.717) is 12.2 Å². The molecule has 1 aromatic carbocycles. The van der Waals surface area contributed by atoms with E-state index in [1.54, 1.807) is 12.3 Å². The van der Waals surface area contributed by atoms with Crippen molar-refractivity contribution in [3.8, 4) is 0 Å². The fraction of sp³-hybridized carbons (Fsp3) is 0.550. The van der Waals surface area contributed by atoms with Crippen molar-refractivity contribution in [1.82, 2.24) is 24.8 Å². The van der Waals surface area contributed by atoms with E-state index in [0.717, 1.165) is 57.4 Å². The highest BCUT2D eigenvalue weighted by molar-refractivity contribution is 5.91. The van der Waals surface area contributed by atoms with Crippen LogP contribution in [-0.2, 0) is 6.54 Å². The lowest BCUT2D eigenvalue weighted by Gasteiger charge is -2.31. The Morgan fingerprint density at radius 2 is 1.81 bits per heavy atom. The Hall–Kier alpha value is -2.28. The number of benzene rings is 1. The number of halogens is 1. The number of piperidine rings is 2. The van der Waals surface area contributed by atoms with Gasteiger partial charge in [0.25, 0.3) is 5.91 Å². The van der Waals surface area contributed by atoms with Crippen molar-refractivity contribution in [2.75, 3.05) is 26.2 Å². The van der Waals surface area contributed by atoms with E-state index in [4.69, 9.17) is 0 Å². The lowest BCUT2D eigenvalue weighted by atomic mass is 10.0. The molecule has 0 N–H and O–H groups in total. The largest absolute Gasteiger partial charge is 0.337 e. The second-order valence-corrected chi connectivity index (χ2v) is 7.54. The maximum Gasteiger partial charge on any atom is 0.276 e. The third-order valence-electron chi connectivity index (χ3n) is 5.66. The molecule has 2 aromatic rings. The summed E-state index contributed by atoms with van der Waals surface area (Å²) in [6.45, 7) is 4.04. The number of hydrogen-bond donors (Lipinski definition) is 0. The van der Waals surface area contributed by atoms with Gasteiger partial charge in [0.2, 0.25) is 0 Å². The van der Waals surface area contributed by atoms with E-state index in [1.807, 2.05) is 21.7 Å². The van der Waals surface area contributed by atoms with E-state index < -0.39 is 0 Å². The zero-order valence-corrected chi connectivity index (χ0v) is 15.6. The SMILES string of the molecule is O=C(c1cn(C2CCN(Cc3ccccc3F)CC2)nn1)N1CCCCC1. The molecular formula is C20H26FN5O. The molecular weight excluding hydrogens is 345 g/mol. The molecule has 2 aliphatic rings. The number of carbonyl (C=O) groups excluding carboxylic acids is 1. The van der Waals surface area contributed by atoms with Gasteiger partial charge in [-0.25, -0.2) is 9.07 Å². The third-order valence-corrected chi connectivity index (χ3v) is 5.66. The summed E-state index contributed by atoms with van der Waals surface area (Å²) < 4.78 is 15.7. The first-order valence-corrected chi connectivity index (χ1v) is 9.87. The van der Waals surface area contributed by atoms with Crippen LogP contribution < -0.4 is 0 Å². The molecule has 0 atom stereocenters. The second kappa shape index (κ2) is 8.17. The molecule has 3 heterocycles. The molecule has 7 heteroatoms. The molecule has 2 aliphatic heterocycles. The summed E-state index contributed by atoms with van der Waals surface area (Å²) in [6, 6.07) is 7.20. The Labute approximate surface area is 158 Å². The fourth-order valence-electron chi connectivity index (χ4n) is 4.02. The van der Waals surface area contributed by atoms with Gasteiger partial charge in [-0.2, -0.15) is 0 Å². The van der Waals surface area contributed by atoms with Crippen LogP contribution in [0.1, 0.15) is 54.2 Å². The number of aromatic nitrogens is 3. The first kappa shape index (κ1) is 18.1. The highest BCUT2D eigenvalue weighted by Crippen LogP contribution is 2.24. The summed E-state index contributed by atoms with van der Waals surface area (Å²) in [6.07, 6.45) is 6.99. The standard InChI is InChI=1S/C20H26FN5O/c21-18-7-3-2-6-16(18)14-24-12-8-17(9-13-24)26-15-19(22-23-26)20(27)25-10-4-1-5-11-25/h2-3,6-7,15,17H,1,4-5,8-14H2. The molecule has 0 bridgehead atoms. The van der Waals surface area contributed by atoms with Crippen LogP contribution in [0.25, 0.3) is 0 Å². The summed E-state index contributed by atoms with van der Waals surface area (Å²) in [5.74, 6) is -0.144. The highest BCUT2D eigenvalue weighted by atomic mass is 19.1. The lowest BCUT2D eigenvalue weighted by Crippen LogP contribution is -2.36. The van der Waals surface area contributed by atoms with Crippen LogP contribution in [0.3, 0.4) is 0 Å². The van der Waals surface area contributed by atoms with Crippen molar-refractivity contribution in [2.24, 2.45) is 0 Å². The maximum atomic E-state index is 13.8. The lowest BCUT2D eigenvalue weighted by molar-refractivity contribution is 0.0718. The van der Waals surface area contributed by atoms with Crippen LogP contribution in [0.15, 0.2) is 30.5 Å². The molecule has 0 spiro atoms. The molecule has 4 rings (SSSR count). The quantitative estimate of drug-likeness (QED) is 0.829. The van der Waals surface area contributed by atoms with Crippen LogP contribution in [0, 0.1) is 5.82 Å². The predicted molar refractivity (Wildman–Crippen MR) is 99.7 cm³/mol. The average Bonchev–Trinajstić information content (AvgIpc) is 3.21. The molecule has 6 nitrogen and oxygen atoms in total. The van der Waals surface area contributed by atoms with Crippen molar-refractivity contribution in [3.63, 3.8) is 0 Å². The van der Waals surface area contributed by atoms with Gasteiger partial charge >= 0.3 is 0 Å². The van der Waals surface area contributed by atoms with E-state index in [-0.39, 0.29) is 17.8 Å². The first-order chi connectivity index (χ1) is 13.2. The third kappa shape index (κ3) is 4.18. The van der Waals surface area contributed by atoms with E-state index in [9.17, 15) is 9.18 Å². The van der Waals surface area contributed by atoms with Crippen molar-refractivity contribution in [2.45, 2.75) is 44.7 Å². The zero-order chi connectivity index (χ0) is 18.6. The van der Waals surface area contributed by atoms with Gasteiger partial charge in [0.05, 0.1) is 12.2 Å². The minimum absolute atomic E-state index is 0.00191. The Morgan fingerprint density at radius 1 is 1.07 bits per heavy atom. The molecule has 1 aromatic heterocycles. The molecule has 0 saturated carbocycles. The number of carbonyl (C=O) groups is 1. The molecule has 2 fully saturated rings. The van der Waals surface area contributed by atoms with Gasteiger partial charge in [0.15, 0.2) is 5.69 Å². The number of nitrogens with zero attached hydrogens (tertiary/aromatic N) is 5. The number of likely N-dealkylation sites (tertiary alicyclic amines) is 2. The van der Waals surface area contributed by atoms with Gasteiger partial charge in [-0.05, 0) is 38.2 Å². The molecule has 27 heavy (non-hydrogen) atoms. The maximum absolute atomic E-state index is 13.8. The summed E-state index contributed by atoms with van der Waals surface area (Å²) in [7, 11) is 0. The smallest absolute Gasteiger partial charge is 0.276 e. The highest BCUT2D eigenvalue weighted by Gasteiger charge is 2.25. The monoisotopic (exact) mass is 371 g/mol. The Balaban J connectivity index is 1.33. The van der Waals surface area contributed by atoms with E-state index >= 15 is 0 Å². The van der Waals surface area contributed by atoms with Crippen molar-refractivity contribution in [1.29, 1.82) is 0 Å². The molecule has 2 saturated heterocycles. The normalized spacial score (nSPS) is 19.4. The van der Waals surface area contributed by atoms with Gasteiger partial charge in [0.1, 0.15) is 5.82 Å².